The summed E-state index contributed by atoms with van der Waals surface area (Å²) in [6.45, 7) is 0. The predicted octanol–water partition coefficient (Wildman–Crippen LogP) is 2.98. The minimum absolute atomic E-state index is 0.225. The van der Waals surface area contributed by atoms with Crippen LogP contribution in [-0.4, -0.2) is 15.0 Å². The molecule has 2 heterocycles. The molecule has 4 heteroatoms. The van der Waals surface area contributed by atoms with Crippen molar-refractivity contribution in [2.75, 3.05) is 5.32 Å². The lowest BCUT2D eigenvalue weighted by Gasteiger charge is -2.13. The lowest BCUT2D eigenvalue weighted by molar-refractivity contribution is 0.703. The molecule has 0 saturated heterocycles. The summed E-state index contributed by atoms with van der Waals surface area (Å²) in [5.74, 6) is 0. The smallest absolute Gasteiger partial charge is 0.0871 e. The molecule has 0 aliphatic carbocycles. The van der Waals surface area contributed by atoms with E-state index in [4.69, 9.17) is 0 Å². The van der Waals surface area contributed by atoms with Crippen molar-refractivity contribution in [3.8, 4) is 5.69 Å². The van der Waals surface area contributed by atoms with E-state index in [1.165, 1.54) is 11.3 Å². The molecule has 4 nitrogen and oxygen atoms in total. The van der Waals surface area contributed by atoms with E-state index in [2.05, 4.69) is 39.9 Å². The number of nitrogens with one attached hydrogen (secondary N) is 1. The highest BCUT2D eigenvalue weighted by atomic mass is 15.4. The number of para-hydroxylation sites is 2. The number of nitrogens with zero attached hydrogens (tertiary/aromatic N) is 3. The van der Waals surface area contributed by atoms with Gasteiger partial charge in [-0.05, 0) is 23.8 Å². The van der Waals surface area contributed by atoms with Crippen molar-refractivity contribution in [2.24, 2.45) is 0 Å². The van der Waals surface area contributed by atoms with Crippen LogP contribution in [0.4, 0.5) is 5.69 Å². The highest BCUT2D eigenvalue weighted by molar-refractivity contribution is 5.57. The first-order chi connectivity index (χ1) is 9.92. The van der Waals surface area contributed by atoms with Crippen LogP contribution in [0, 0.1) is 0 Å². The maximum Gasteiger partial charge on any atom is 0.0871 e. The average Bonchev–Trinajstić information content (AvgIpc) is 3.14. The summed E-state index contributed by atoms with van der Waals surface area (Å²) < 4.78 is 1.91. The highest BCUT2D eigenvalue weighted by Gasteiger charge is 2.25. The Labute approximate surface area is 117 Å². The molecule has 1 aliphatic rings. The molecule has 20 heavy (non-hydrogen) atoms. The van der Waals surface area contributed by atoms with Crippen molar-refractivity contribution in [1.82, 2.24) is 15.0 Å². The Morgan fingerprint density at radius 1 is 1.00 bits per heavy atom. The number of benzene rings is 2. The van der Waals surface area contributed by atoms with Crippen molar-refractivity contribution in [2.45, 2.75) is 12.5 Å². The topological polar surface area (TPSA) is 42.7 Å². The number of fused-ring (bicyclic) bond motifs is 1. The van der Waals surface area contributed by atoms with Gasteiger partial charge in [-0.3, -0.25) is 0 Å². The molecule has 2 aromatic carbocycles. The number of anilines is 1. The van der Waals surface area contributed by atoms with Gasteiger partial charge in [0, 0.05) is 12.1 Å². The second-order valence-electron chi connectivity index (χ2n) is 4.96. The fourth-order valence-electron chi connectivity index (χ4n) is 2.73. The van der Waals surface area contributed by atoms with Crippen LogP contribution in [0.2, 0.25) is 0 Å². The molecule has 1 aliphatic heterocycles. The Kier molecular flexibility index (Phi) is 2.52. The number of hydrogen-bond acceptors (Lipinski definition) is 3. The van der Waals surface area contributed by atoms with E-state index in [1.54, 1.807) is 0 Å². The highest BCUT2D eigenvalue weighted by Crippen LogP contribution is 2.33. The third kappa shape index (κ3) is 1.77. The van der Waals surface area contributed by atoms with Crippen molar-refractivity contribution in [3.63, 3.8) is 0 Å². The van der Waals surface area contributed by atoms with E-state index >= 15 is 0 Å². The maximum atomic E-state index is 4.22. The van der Waals surface area contributed by atoms with Gasteiger partial charge in [0.05, 0.1) is 23.6 Å². The van der Waals surface area contributed by atoms with Gasteiger partial charge in [0.1, 0.15) is 0 Å². The average molecular weight is 262 g/mol. The molecule has 0 amide bonds. The Morgan fingerprint density at radius 3 is 2.65 bits per heavy atom. The van der Waals surface area contributed by atoms with Crippen LogP contribution in [0.5, 0.6) is 0 Å². The Balaban J connectivity index is 1.71. The van der Waals surface area contributed by atoms with Crippen LogP contribution in [0.25, 0.3) is 5.69 Å². The molecule has 1 unspecified atom stereocenters. The minimum Gasteiger partial charge on any atom is -0.376 e. The zero-order valence-corrected chi connectivity index (χ0v) is 10.9. The monoisotopic (exact) mass is 262 g/mol. The van der Waals surface area contributed by atoms with E-state index in [-0.39, 0.29) is 6.04 Å². The van der Waals surface area contributed by atoms with Crippen molar-refractivity contribution < 1.29 is 0 Å². The predicted molar refractivity (Wildman–Crippen MR) is 77.9 cm³/mol. The van der Waals surface area contributed by atoms with E-state index in [1.807, 2.05) is 41.2 Å². The van der Waals surface area contributed by atoms with Gasteiger partial charge in [0.15, 0.2) is 0 Å². The van der Waals surface area contributed by atoms with Gasteiger partial charge < -0.3 is 5.32 Å². The second kappa shape index (κ2) is 4.49. The minimum atomic E-state index is 0.225. The van der Waals surface area contributed by atoms with E-state index in [9.17, 15) is 0 Å². The molecule has 4 rings (SSSR count). The van der Waals surface area contributed by atoms with E-state index < -0.39 is 0 Å². The molecule has 1 aromatic heterocycles. The van der Waals surface area contributed by atoms with Gasteiger partial charge in [-0.25, -0.2) is 4.68 Å². The summed E-state index contributed by atoms with van der Waals surface area (Å²) in [5, 5.41) is 11.8. The largest absolute Gasteiger partial charge is 0.376 e. The summed E-state index contributed by atoms with van der Waals surface area (Å²) in [5.41, 5.74) is 4.68. The second-order valence-corrected chi connectivity index (χ2v) is 4.96. The fourth-order valence-corrected chi connectivity index (χ4v) is 2.73. The van der Waals surface area contributed by atoms with Gasteiger partial charge in [-0.15, -0.1) is 5.10 Å². The van der Waals surface area contributed by atoms with Crippen LogP contribution in [0.1, 0.15) is 17.3 Å². The third-order valence-corrected chi connectivity index (χ3v) is 3.70. The SMILES string of the molecule is c1ccc(-n2nncc2C2Cc3ccccc3N2)cc1. The Hall–Kier alpha value is -2.62. The molecule has 0 saturated carbocycles. The molecule has 1 atom stereocenters. The number of rotatable bonds is 2. The number of aromatic nitrogens is 3. The van der Waals surface area contributed by atoms with Crippen LogP contribution in [-0.2, 0) is 6.42 Å². The van der Waals surface area contributed by atoms with E-state index in [0.29, 0.717) is 0 Å². The summed E-state index contributed by atoms with van der Waals surface area (Å²) in [6.07, 6.45) is 2.81. The standard InChI is InChI=1S/C16H14N4/c1-2-7-13(8-3-1)20-16(11-17-19-20)15-10-12-6-4-5-9-14(12)18-15/h1-9,11,15,18H,10H2. The lowest BCUT2D eigenvalue weighted by atomic mass is 10.1. The van der Waals surface area contributed by atoms with Crippen LogP contribution in [0.3, 0.4) is 0 Å². The molecule has 0 spiro atoms. The molecular weight excluding hydrogens is 248 g/mol. The zero-order chi connectivity index (χ0) is 13.4. The van der Waals surface area contributed by atoms with Crippen molar-refractivity contribution >= 4 is 5.69 Å². The van der Waals surface area contributed by atoms with Crippen molar-refractivity contribution in [3.05, 3.63) is 72.1 Å². The zero-order valence-electron chi connectivity index (χ0n) is 10.9. The first kappa shape index (κ1) is 11.2. The van der Waals surface area contributed by atoms with Gasteiger partial charge >= 0.3 is 0 Å². The molecule has 0 fully saturated rings. The molecule has 98 valence electrons. The summed E-state index contributed by atoms with van der Waals surface area (Å²) >= 11 is 0. The van der Waals surface area contributed by atoms with Crippen LogP contribution < -0.4 is 5.32 Å². The van der Waals surface area contributed by atoms with Crippen molar-refractivity contribution in [1.29, 1.82) is 0 Å². The van der Waals surface area contributed by atoms with Gasteiger partial charge in [-0.1, -0.05) is 41.6 Å². The molecular formula is C16H14N4. The van der Waals surface area contributed by atoms with Gasteiger partial charge in [-0.2, -0.15) is 0 Å². The molecule has 0 bridgehead atoms. The van der Waals surface area contributed by atoms with Crippen LogP contribution >= 0.6 is 0 Å². The molecule has 0 radical (unpaired) electrons. The van der Waals surface area contributed by atoms with E-state index in [0.717, 1.165) is 17.8 Å². The normalized spacial score (nSPS) is 16.7. The summed E-state index contributed by atoms with van der Waals surface area (Å²) in [4.78, 5) is 0. The van der Waals surface area contributed by atoms with Gasteiger partial charge in [0.25, 0.3) is 0 Å². The lowest BCUT2D eigenvalue weighted by Crippen LogP contribution is -2.12. The quantitative estimate of drug-likeness (QED) is 0.772. The molecule has 1 N–H and O–H groups in total. The maximum absolute atomic E-state index is 4.22. The van der Waals surface area contributed by atoms with Crippen LogP contribution in [0.15, 0.2) is 60.8 Å². The Morgan fingerprint density at radius 2 is 1.80 bits per heavy atom. The summed E-state index contributed by atoms with van der Waals surface area (Å²) in [6, 6.07) is 18.8. The third-order valence-electron chi connectivity index (χ3n) is 3.70. The number of hydrogen-bond donors (Lipinski definition) is 1. The Bertz CT molecular complexity index is 708. The molecule has 3 aromatic rings. The van der Waals surface area contributed by atoms with Gasteiger partial charge in [0.2, 0.25) is 0 Å². The first-order valence-corrected chi connectivity index (χ1v) is 6.72. The first-order valence-electron chi connectivity index (χ1n) is 6.72. The fraction of sp³-hybridized carbons (Fsp3) is 0.125. The summed E-state index contributed by atoms with van der Waals surface area (Å²) in [7, 11) is 0.